The summed E-state index contributed by atoms with van der Waals surface area (Å²) < 4.78 is 14.8. The second-order valence-corrected chi connectivity index (χ2v) is 3.98. The smallest absolute Gasteiger partial charge is 0.123 e. The lowest BCUT2D eigenvalue weighted by atomic mass is 10.0. The van der Waals surface area contributed by atoms with Crippen LogP contribution < -0.4 is 5.32 Å². The molecule has 90 valence electrons. The summed E-state index contributed by atoms with van der Waals surface area (Å²) in [6, 6.07) is 6.64. The van der Waals surface area contributed by atoms with Crippen LogP contribution in [0.25, 0.3) is 0 Å². The van der Waals surface area contributed by atoms with Gasteiger partial charge >= 0.3 is 0 Å². The minimum atomic E-state index is -0.220. The largest absolute Gasteiger partial charge is 0.313 e. The summed E-state index contributed by atoms with van der Waals surface area (Å²) in [4.78, 5) is 0. The van der Waals surface area contributed by atoms with Crippen LogP contribution in [0.15, 0.2) is 30.5 Å². The third-order valence-electron chi connectivity index (χ3n) is 2.66. The van der Waals surface area contributed by atoms with Crippen molar-refractivity contribution < 1.29 is 4.39 Å². The van der Waals surface area contributed by atoms with Gasteiger partial charge in [-0.25, -0.2) is 4.39 Å². The molecule has 0 fully saturated rings. The molecule has 2 rings (SSSR count). The number of rotatable bonds is 4. The lowest BCUT2D eigenvalue weighted by molar-refractivity contribution is 0.571. The van der Waals surface area contributed by atoms with Crippen molar-refractivity contribution in [1.29, 1.82) is 0 Å². The number of nitrogens with zero attached hydrogens (tertiary/aromatic N) is 3. The molecule has 0 aliphatic heterocycles. The second-order valence-electron chi connectivity index (χ2n) is 3.98. The van der Waals surface area contributed by atoms with Crippen molar-refractivity contribution in [2.75, 3.05) is 7.05 Å². The lowest BCUT2D eigenvalue weighted by Gasteiger charge is -2.15. The molecule has 0 amide bonds. The van der Waals surface area contributed by atoms with Gasteiger partial charge in [-0.3, -0.25) is 4.68 Å². The van der Waals surface area contributed by atoms with E-state index < -0.39 is 0 Å². The van der Waals surface area contributed by atoms with Crippen molar-refractivity contribution in [1.82, 2.24) is 20.3 Å². The monoisotopic (exact) mass is 234 g/mol. The van der Waals surface area contributed by atoms with E-state index in [1.165, 1.54) is 12.1 Å². The van der Waals surface area contributed by atoms with Gasteiger partial charge in [0.15, 0.2) is 0 Å². The number of aromatic nitrogens is 3. The van der Waals surface area contributed by atoms with E-state index in [-0.39, 0.29) is 11.9 Å². The van der Waals surface area contributed by atoms with Gasteiger partial charge in [0.2, 0.25) is 0 Å². The van der Waals surface area contributed by atoms with E-state index in [4.69, 9.17) is 0 Å². The summed E-state index contributed by atoms with van der Waals surface area (Å²) in [6.45, 7) is 0. The molecule has 1 aromatic heterocycles. The highest BCUT2D eigenvalue weighted by molar-refractivity contribution is 5.21. The Balaban J connectivity index is 2.16. The van der Waals surface area contributed by atoms with Gasteiger partial charge in [-0.05, 0) is 24.7 Å². The Hall–Kier alpha value is -1.75. The summed E-state index contributed by atoms with van der Waals surface area (Å²) in [6.07, 6.45) is 2.55. The quantitative estimate of drug-likeness (QED) is 0.870. The van der Waals surface area contributed by atoms with Crippen LogP contribution in [-0.2, 0) is 13.5 Å². The van der Waals surface area contributed by atoms with Gasteiger partial charge in [0.1, 0.15) is 5.82 Å². The Bertz CT molecular complexity index is 495. The van der Waals surface area contributed by atoms with Crippen LogP contribution in [0.5, 0.6) is 0 Å². The lowest BCUT2D eigenvalue weighted by Crippen LogP contribution is -2.19. The van der Waals surface area contributed by atoms with Gasteiger partial charge in [0.25, 0.3) is 0 Å². The van der Waals surface area contributed by atoms with E-state index in [0.717, 1.165) is 11.3 Å². The maximum atomic E-state index is 13.1. The van der Waals surface area contributed by atoms with Crippen LogP contribution in [0.2, 0.25) is 0 Å². The molecule has 17 heavy (non-hydrogen) atoms. The first-order chi connectivity index (χ1) is 8.19. The van der Waals surface area contributed by atoms with Crippen LogP contribution in [0.3, 0.4) is 0 Å². The van der Waals surface area contributed by atoms with Crippen LogP contribution in [0, 0.1) is 5.82 Å². The van der Waals surface area contributed by atoms with Crippen molar-refractivity contribution in [3.8, 4) is 0 Å². The van der Waals surface area contributed by atoms with E-state index >= 15 is 0 Å². The molecule has 0 spiro atoms. The van der Waals surface area contributed by atoms with Crippen LogP contribution in [0.1, 0.15) is 17.3 Å². The first-order valence-corrected chi connectivity index (χ1v) is 5.47. The Labute approximate surface area is 99.5 Å². The molecule has 0 aliphatic carbocycles. The normalized spacial score (nSPS) is 12.6. The molecule has 0 radical (unpaired) electrons. The zero-order valence-electron chi connectivity index (χ0n) is 9.89. The van der Waals surface area contributed by atoms with Crippen LogP contribution in [0.4, 0.5) is 4.39 Å². The molecule has 1 atom stereocenters. The fourth-order valence-corrected chi connectivity index (χ4v) is 1.81. The fraction of sp³-hybridized carbons (Fsp3) is 0.333. The fourth-order valence-electron chi connectivity index (χ4n) is 1.81. The SMILES string of the molecule is CNC(Cc1cn(C)nn1)c1cccc(F)c1. The van der Waals surface area contributed by atoms with E-state index in [1.807, 2.05) is 26.4 Å². The average molecular weight is 234 g/mol. The predicted octanol–water partition coefficient (Wildman–Crippen LogP) is 1.46. The molecule has 4 nitrogen and oxygen atoms in total. The van der Waals surface area contributed by atoms with E-state index in [9.17, 15) is 4.39 Å². The van der Waals surface area contributed by atoms with Gasteiger partial charge in [-0.2, -0.15) is 0 Å². The van der Waals surface area contributed by atoms with E-state index in [2.05, 4.69) is 15.6 Å². The van der Waals surface area contributed by atoms with Gasteiger partial charge in [0, 0.05) is 25.7 Å². The Morgan fingerprint density at radius 3 is 2.88 bits per heavy atom. The first-order valence-electron chi connectivity index (χ1n) is 5.47. The molecule has 2 aromatic rings. The van der Waals surface area contributed by atoms with Crippen molar-refractivity contribution in [3.63, 3.8) is 0 Å². The second kappa shape index (κ2) is 5.05. The molecule has 5 heteroatoms. The molecule has 0 bridgehead atoms. The zero-order chi connectivity index (χ0) is 12.3. The number of nitrogens with one attached hydrogen (secondary N) is 1. The minimum absolute atomic E-state index is 0.0439. The molecular weight excluding hydrogens is 219 g/mol. The van der Waals surface area contributed by atoms with Crippen molar-refractivity contribution >= 4 is 0 Å². The Kier molecular flexibility index (Phi) is 3.49. The molecule has 1 unspecified atom stereocenters. The van der Waals surface area contributed by atoms with E-state index in [0.29, 0.717) is 6.42 Å². The number of halogens is 1. The Morgan fingerprint density at radius 2 is 2.29 bits per heavy atom. The third kappa shape index (κ3) is 2.88. The van der Waals surface area contributed by atoms with E-state index in [1.54, 1.807) is 10.7 Å². The summed E-state index contributed by atoms with van der Waals surface area (Å²) in [5, 5.41) is 11.1. The highest BCUT2D eigenvalue weighted by Gasteiger charge is 2.12. The topological polar surface area (TPSA) is 42.7 Å². The summed E-state index contributed by atoms with van der Waals surface area (Å²) in [7, 11) is 3.68. The Morgan fingerprint density at radius 1 is 1.47 bits per heavy atom. The number of hydrogen-bond donors (Lipinski definition) is 1. The van der Waals surface area contributed by atoms with Gasteiger partial charge in [-0.1, -0.05) is 17.3 Å². The molecule has 1 N–H and O–H groups in total. The van der Waals surface area contributed by atoms with Crippen molar-refractivity contribution in [3.05, 3.63) is 47.5 Å². The maximum absolute atomic E-state index is 13.1. The van der Waals surface area contributed by atoms with Gasteiger partial charge < -0.3 is 5.32 Å². The van der Waals surface area contributed by atoms with Gasteiger partial charge in [-0.15, -0.1) is 5.10 Å². The number of likely N-dealkylation sites (N-methyl/N-ethyl adjacent to an activating group) is 1. The predicted molar refractivity (Wildman–Crippen MR) is 62.9 cm³/mol. The first kappa shape index (κ1) is 11.7. The summed E-state index contributed by atoms with van der Waals surface area (Å²) in [5.74, 6) is -0.220. The number of benzene rings is 1. The minimum Gasteiger partial charge on any atom is -0.313 e. The standard InChI is InChI=1S/C12H15FN4/c1-14-12(7-11-8-17(2)16-15-11)9-4-3-5-10(13)6-9/h3-6,8,12,14H,7H2,1-2H3. The zero-order valence-corrected chi connectivity index (χ0v) is 9.89. The highest BCUT2D eigenvalue weighted by atomic mass is 19.1. The molecular formula is C12H15FN4. The summed E-state index contributed by atoms with van der Waals surface area (Å²) in [5.41, 5.74) is 1.80. The molecule has 0 saturated carbocycles. The number of aryl methyl sites for hydroxylation is 1. The molecule has 1 aromatic carbocycles. The van der Waals surface area contributed by atoms with Crippen molar-refractivity contribution in [2.24, 2.45) is 7.05 Å². The third-order valence-corrected chi connectivity index (χ3v) is 2.66. The number of hydrogen-bond acceptors (Lipinski definition) is 3. The van der Waals surface area contributed by atoms with Crippen LogP contribution >= 0.6 is 0 Å². The van der Waals surface area contributed by atoms with Gasteiger partial charge in [0.05, 0.1) is 5.69 Å². The summed E-state index contributed by atoms with van der Waals surface area (Å²) >= 11 is 0. The van der Waals surface area contributed by atoms with Crippen molar-refractivity contribution in [2.45, 2.75) is 12.5 Å². The highest BCUT2D eigenvalue weighted by Crippen LogP contribution is 2.17. The molecule has 0 aliphatic rings. The molecule has 1 heterocycles. The average Bonchev–Trinajstić information content (AvgIpc) is 2.72. The maximum Gasteiger partial charge on any atom is 0.123 e. The van der Waals surface area contributed by atoms with Crippen LogP contribution in [-0.4, -0.2) is 22.0 Å². The molecule has 0 saturated heterocycles.